The van der Waals surface area contributed by atoms with Gasteiger partial charge in [0.05, 0.1) is 0 Å². The molecule has 4 aliphatic rings. The first-order chi connectivity index (χ1) is 9.69. The molecule has 4 fully saturated rings. The number of esters is 1. The summed E-state index contributed by atoms with van der Waals surface area (Å²) in [7, 11) is 0. The van der Waals surface area contributed by atoms with E-state index in [4.69, 9.17) is 10.5 Å². The van der Waals surface area contributed by atoms with Crippen LogP contribution >= 0.6 is 0 Å². The molecule has 6 unspecified atom stereocenters. The zero-order valence-corrected chi connectivity index (χ0v) is 12.1. The van der Waals surface area contributed by atoms with Crippen LogP contribution in [0.1, 0.15) is 51.4 Å². The van der Waals surface area contributed by atoms with Crippen molar-refractivity contribution in [3.63, 3.8) is 0 Å². The third-order valence-corrected chi connectivity index (χ3v) is 6.35. The number of ether oxygens (including phenoxy) is 1. The summed E-state index contributed by atoms with van der Waals surface area (Å²) in [5.41, 5.74) is 6.36. The lowest BCUT2D eigenvalue weighted by molar-refractivity contribution is -0.146. The molecule has 110 valence electrons. The van der Waals surface area contributed by atoms with Crippen LogP contribution in [0.3, 0.4) is 0 Å². The Morgan fingerprint density at radius 2 is 1.65 bits per heavy atom. The second-order valence-electron chi connectivity index (χ2n) is 7.58. The number of carbonyl (C=O) groups is 1. The number of carbonyl (C=O) groups excluding carboxylic acids is 1. The molecule has 0 aromatic rings. The molecule has 4 bridgehead atoms. The zero-order valence-electron chi connectivity index (χ0n) is 12.1. The average molecular weight is 275 g/mol. The summed E-state index contributed by atoms with van der Waals surface area (Å²) in [5.74, 6) is 3.34. The van der Waals surface area contributed by atoms with Gasteiger partial charge >= 0.3 is 5.97 Å². The maximum absolute atomic E-state index is 12.2. The minimum atomic E-state index is -0.259. The first kappa shape index (κ1) is 12.7. The van der Waals surface area contributed by atoms with Gasteiger partial charge in [-0.3, -0.25) is 0 Å². The fraction of sp³-hybridized carbons (Fsp3) is 0.824. The molecule has 0 aromatic heterocycles. The topological polar surface area (TPSA) is 52.3 Å². The molecule has 0 radical (unpaired) electrons. The molecule has 3 nitrogen and oxygen atoms in total. The molecule has 4 rings (SSSR count). The maximum atomic E-state index is 12.2. The Bertz CT molecular complexity index is 444. The molecule has 0 aromatic carbocycles. The van der Waals surface area contributed by atoms with Gasteiger partial charge in [0.15, 0.2) is 0 Å². The van der Waals surface area contributed by atoms with Crippen molar-refractivity contribution in [3.05, 3.63) is 11.8 Å². The van der Waals surface area contributed by atoms with Crippen molar-refractivity contribution in [2.75, 3.05) is 0 Å². The quantitative estimate of drug-likeness (QED) is 0.636. The van der Waals surface area contributed by atoms with E-state index in [2.05, 4.69) is 0 Å². The molecule has 20 heavy (non-hydrogen) atoms. The number of hydrogen-bond acceptors (Lipinski definition) is 3. The number of nitrogens with two attached hydrogens (primary N) is 1. The number of hydrogen-bond donors (Lipinski definition) is 1. The van der Waals surface area contributed by atoms with Gasteiger partial charge in [0, 0.05) is 0 Å². The maximum Gasteiger partial charge on any atom is 0.354 e. The van der Waals surface area contributed by atoms with Crippen molar-refractivity contribution in [2.45, 2.75) is 57.5 Å². The summed E-state index contributed by atoms with van der Waals surface area (Å²) in [6.07, 6.45) is 12.3. The minimum Gasteiger partial charge on any atom is -0.457 e. The van der Waals surface area contributed by atoms with Gasteiger partial charge in [-0.2, -0.15) is 0 Å². The lowest BCUT2D eigenvalue weighted by Crippen LogP contribution is -2.27. The molecule has 0 aliphatic heterocycles. The Labute approximate surface area is 120 Å². The average Bonchev–Trinajstić information content (AvgIpc) is 3.18. The van der Waals surface area contributed by atoms with Crippen LogP contribution in [0.2, 0.25) is 0 Å². The second-order valence-corrected chi connectivity index (χ2v) is 7.58. The van der Waals surface area contributed by atoms with Crippen LogP contribution in [0.4, 0.5) is 0 Å². The first-order valence-electron chi connectivity index (χ1n) is 8.37. The van der Waals surface area contributed by atoms with Gasteiger partial charge in [-0.15, -0.1) is 0 Å². The minimum absolute atomic E-state index is 0.147. The van der Waals surface area contributed by atoms with Gasteiger partial charge in [-0.1, -0.05) is 12.5 Å². The van der Waals surface area contributed by atoms with Crippen molar-refractivity contribution in [1.82, 2.24) is 0 Å². The SMILES string of the molecule is N/C(=C\C1CC2CCC1C2)C(=O)OC1CC2CCC1C2. The van der Waals surface area contributed by atoms with Crippen LogP contribution in [-0.2, 0) is 9.53 Å². The fourth-order valence-electron chi connectivity index (χ4n) is 5.33. The van der Waals surface area contributed by atoms with Crippen LogP contribution in [0.15, 0.2) is 11.8 Å². The van der Waals surface area contributed by atoms with E-state index in [1.807, 2.05) is 6.08 Å². The van der Waals surface area contributed by atoms with Gasteiger partial charge in [0.1, 0.15) is 11.8 Å². The largest absolute Gasteiger partial charge is 0.457 e. The molecular formula is C17H25NO2. The number of fused-ring (bicyclic) bond motifs is 4. The highest BCUT2D eigenvalue weighted by Crippen LogP contribution is 2.49. The van der Waals surface area contributed by atoms with Crippen molar-refractivity contribution in [3.8, 4) is 0 Å². The van der Waals surface area contributed by atoms with E-state index in [9.17, 15) is 4.79 Å². The Hall–Kier alpha value is -0.990. The van der Waals surface area contributed by atoms with Crippen LogP contribution in [-0.4, -0.2) is 12.1 Å². The van der Waals surface area contributed by atoms with Crippen molar-refractivity contribution >= 4 is 5.97 Å². The van der Waals surface area contributed by atoms with E-state index >= 15 is 0 Å². The standard InChI is InChI=1S/C17H25NO2/c18-15(9-14-7-10-1-3-12(14)5-10)17(19)20-16-8-11-2-4-13(16)6-11/h9-14,16H,1-8,18H2/b15-9-. The number of allylic oxidation sites excluding steroid dienone is 1. The highest BCUT2D eigenvalue weighted by Gasteiger charge is 2.42. The predicted octanol–water partition coefficient (Wildman–Crippen LogP) is 3.00. The van der Waals surface area contributed by atoms with Gasteiger partial charge in [-0.05, 0) is 74.5 Å². The monoisotopic (exact) mass is 275 g/mol. The van der Waals surface area contributed by atoms with Crippen molar-refractivity contribution < 1.29 is 9.53 Å². The van der Waals surface area contributed by atoms with E-state index in [1.165, 1.54) is 44.9 Å². The van der Waals surface area contributed by atoms with Crippen LogP contribution in [0.25, 0.3) is 0 Å². The molecule has 0 amide bonds. The Balaban J connectivity index is 1.36. The summed E-state index contributed by atoms with van der Waals surface area (Å²) in [6, 6.07) is 0. The van der Waals surface area contributed by atoms with E-state index < -0.39 is 0 Å². The Morgan fingerprint density at radius 3 is 2.20 bits per heavy atom. The van der Waals surface area contributed by atoms with Crippen LogP contribution < -0.4 is 5.73 Å². The summed E-state index contributed by atoms with van der Waals surface area (Å²) >= 11 is 0. The summed E-state index contributed by atoms with van der Waals surface area (Å²) in [5, 5.41) is 0. The second kappa shape index (κ2) is 4.78. The molecule has 0 spiro atoms. The predicted molar refractivity (Wildman–Crippen MR) is 76.5 cm³/mol. The smallest absolute Gasteiger partial charge is 0.354 e. The van der Waals surface area contributed by atoms with Crippen molar-refractivity contribution in [1.29, 1.82) is 0 Å². The van der Waals surface area contributed by atoms with Gasteiger partial charge in [-0.25, -0.2) is 4.79 Å². The first-order valence-corrected chi connectivity index (χ1v) is 8.37. The highest BCUT2D eigenvalue weighted by molar-refractivity contribution is 5.87. The summed E-state index contributed by atoms with van der Waals surface area (Å²) < 4.78 is 5.67. The molecule has 4 aliphatic carbocycles. The van der Waals surface area contributed by atoms with E-state index in [0.29, 0.717) is 17.5 Å². The van der Waals surface area contributed by atoms with E-state index in [-0.39, 0.29) is 12.1 Å². The van der Waals surface area contributed by atoms with Crippen LogP contribution in [0.5, 0.6) is 0 Å². The molecule has 0 heterocycles. The molecule has 3 heteroatoms. The van der Waals surface area contributed by atoms with Crippen LogP contribution in [0, 0.1) is 29.6 Å². The lowest BCUT2D eigenvalue weighted by atomic mass is 9.88. The molecule has 6 atom stereocenters. The molecule has 0 saturated heterocycles. The molecule has 2 N–H and O–H groups in total. The Kier molecular flexibility index (Phi) is 3.04. The molecule has 4 saturated carbocycles. The number of rotatable bonds is 3. The fourth-order valence-corrected chi connectivity index (χ4v) is 5.33. The third-order valence-electron chi connectivity index (χ3n) is 6.35. The van der Waals surface area contributed by atoms with E-state index in [0.717, 1.165) is 24.2 Å². The third kappa shape index (κ3) is 2.15. The Morgan fingerprint density at radius 1 is 0.950 bits per heavy atom. The van der Waals surface area contributed by atoms with Gasteiger partial charge in [0.25, 0.3) is 0 Å². The summed E-state index contributed by atoms with van der Waals surface area (Å²) in [4.78, 5) is 12.2. The van der Waals surface area contributed by atoms with Gasteiger partial charge in [0.2, 0.25) is 0 Å². The van der Waals surface area contributed by atoms with Gasteiger partial charge < -0.3 is 10.5 Å². The van der Waals surface area contributed by atoms with E-state index in [1.54, 1.807) is 0 Å². The zero-order chi connectivity index (χ0) is 13.7. The summed E-state index contributed by atoms with van der Waals surface area (Å²) in [6.45, 7) is 0. The molecular weight excluding hydrogens is 250 g/mol. The van der Waals surface area contributed by atoms with Crippen molar-refractivity contribution in [2.24, 2.45) is 35.3 Å². The lowest BCUT2D eigenvalue weighted by Gasteiger charge is -2.23. The highest BCUT2D eigenvalue weighted by atomic mass is 16.5. The normalized spacial score (nSPS) is 46.1.